The van der Waals surface area contributed by atoms with Crippen LogP contribution in [0.3, 0.4) is 0 Å². The fourth-order valence-corrected chi connectivity index (χ4v) is 12.6. The summed E-state index contributed by atoms with van der Waals surface area (Å²) in [5.74, 6) is -0.558. The van der Waals surface area contributed by atoms with Crippen LogP contribution in [-0.4, -0.2) is 49.4 Å². The number of ketones is 1. The highest BCUT2D eigenvalue weighted by molar-refractivity contribution is 5.93. The SMILES string of the molecule is C=C1C(C)COC1(OC)[C@H](OC(C)=O)[C@@H](C)[C@H]1[C@@H](OC(C)=O)C[C@@]2(C)[C@@H]3CCC4[C@H](C)C(=O)C=CC45C(C)C35CC[C@]12C. The van der Waals surface area contributed by atoms with Gasteiger partial charge in [-0.2, -0.15) is 0 Å². The van der Waals surface area contributed by atoms with E-state index in [-0.39, 0.29) is 63.2 Å². The summed E-state index contributed by atoms with van der Waals surface area (Å²) in [4.78, 5) is 38.1. The zero-order valence-electron chi connectivity index (χ0n) is 27.7. The number of hydrogen-bond donors (Lipinski definition) is 0. The molecule has 7 nitrogen and oxygen atoms in total. The van der Waals surface area contributed by atoms with Crippen LogP contribution >= 0.6 is 0 Å². The van der Waals surface area contributed by atoms with E-state index in [1.54, 1.807) is 7.11 Å². The summed E-state index contributed by atoms with van der Waals surface area (Å²) in [6.07, 6.45) is 8.06. The Balaban J connectivity index is 1.43. The Labute approximate surface area is 257 Å². The number of methoxy groups -OCH3 is 1. The van der Waals surface area contributed by atoms with Gasteiger partial charge in [-0.05, 0) is 77.8 Å². The summed E-state index contributed by atoms with van der Waals surface area (Å²) >= 11 is 0. The van der Waals surface area contributed by atoms with Crippen LogP contribution in [0.4, 0.5) is 0 Å². The zero-order valence-corrected chi connectivity index (χ0v) is 27.7. The summed E-state index contributed by atoms with van der Waals surface area (Å²) in [5, 5.41) is 0. The highest BCUT2D eigenvalue weighted by atomic mass is 16.7. The van der Waals surface area contributed by atoms with E-state index in [9.17, 15) is 14.4 Å². The Morgan fingerprint density at radius 3 is 2.35 bits per heavy atom. The van der Waals surface area contributed by atoms with Crippen molar-refractivity contribution in [3.05, 3.63) is 24.3 Å². The molecule has 0 aromatic heterocycles. The van der Waals surface area contributed by atoms with Gasteiger partial charge in [0.05, 0.1) is 6.61 Å². The molecule has 1 aliphatic heterocycles. The van der Waals surface area contributed by atoms with Crippen LogP contribution in [0.15, 0.2) is 24.3 Å². The van der Waals surface area contributed by atoms with Gasteiger partial charge in [0, 0.05) is 50.0 Å². The van der Waals surface area contributed by atoms with E-state index in [1.165, 1.54) is 13.8 Å². The van der Waals surface area contributed by atoms with Crippen molar-refractivity contribution in [1.82, 2.24) is 0 Å². The molecule has 238 valence electrons. The third kappa shape index (κ3) is 3.64. The van der Waals surface area contributed by atoms with E-state index < -0.39 is 17.9 Å². The van der Waals surface area contributed by atoms with Crippen molar-refractivity contribution in [3.8, 4) is 0 Å². The fourth-order valence-electron chi connectivity index (χ4n) is 12.6. The number of fused-ring (bicyclic) bond motifs is 2. The highest BCUT2D eigenvalue weighted by Crippen LogP contribution is 2.89. The molecule has 0 amide bonds. The number of carbonyl (C=O) groups excluding carboxylic acids is 3. The third-order valence-corrected chi connectivity index (χ3v) is 14.6. The van der Waals surface area contributed by atoms with Crippen LogP contribution in [-0.2, 0) is 33.3 Å². The van der Waals surface area contributed by atoms with Crippen molar-refractivity contribution in [1.29, 1.82) is 0 Å². The van der Waals surface area contributed by atoms with Crippen molar-refractivity contribution >= 4 is 17.7 Å². The molecule has 0 N–H and O–H groups in total. The molecule has 1 saturated heterocycles. The van der Waals surface area contributed by atoms with Crippen LogP contribution in [0, 0.1) is 63.1 Å². The van der Waals surface area contributed by atoms with Crippen molar-refractivity contribution in [2.45, 2.75) is 105 Å². The first kappa shape index (κ1) is 31.0. The van der Waals surface area contributed by atoms with E-state index >= 15 is 0 Å². The van der Waals surface area contributed by atoms with Gasteiger partial charge in [0.15, 0.2) is 11.9 Å². The number of rotatable bonds is 6. The lowest BCUT2D eigenvalue weighted by molar-refractivity contribution is -0.256. The summed E-state index contributed by atoms with van der Waals surface area (Å²) in [5.41, 5.74) is 0.673. The molecule has 1 heterocycles. The fraction of sp³-hybridized carbons (Fsp3) is 0.806. The zero-order chi connectivity index (χ0) is 31.5. The topological polar surface area (TPSA) is 88.1 Å². The van der Waals surface area contributed by atoms with E-state index in [2.05, 4.69) is 47.3 Å². The van der Waals surface area contributed by atoms with Gasteiger partial charge in [0.25, 0.3) is 0 Å². The molecule has 0 bridgehead atoms. The van der Waals surface area contributed by atoms with Gasteiger partial charge in [-0.3, -0.25) is 14.4 Å². The Kier molecular flexibility index (Phi) is 7.03. The molecule has 5 fully saturated rings. The Morgan fingerprint density at radius 1 is 1.07 bits per heavy atom. The predicted octanol–water partition coefficient (Wildman–Crippen LogP) is 6.30. The Hall–Kier alpha value is -1.99. The van der Waals surface area contributed by atoms with Crippen molar-refractivity contribution in [2.24, 2.45) is 63.1 Å². The predicted molar refractivity (Wildman–Crippen MR) is 161 cm³/mol. The summed E-state index contributed by atoms with van der Waals surface area (Å²) < 4.78 is 24.8. The average Bonchev–Trinajstić information content (AvgIpc) is 3.19. The number of allylic oxidation sites excluding steroid dienone is 2. The van der Waals surface area contributed by atoms with Gasteiger partial charge in [-0.1, -0.05) is 54.2 Å². The Morgan fingerprint density at radius 2 is 1.77 bits per heavy atom. The molecule has 4 saturated carbocycles. The third-order valence-electron chi connectivity index (χ3n) is 14.6. The molecule has 6 aliphatic rings. The van der Waals surface area contributed by atoms with Crippen LogP contribution in [0.1, 0.15) is 87.5 Å². The minimum Gasteiger partial charge on any atom is -0.462 e. The van der Waals surface area contributed by atoms with E-state index in [4.69, 9.17) is 18.9 Å². The molecule has 2 spiro atoms. The molecular weight excluding hydrogens is 544 g/mol. The largest absolute Gasteiger partial charge is 0.462 e. The molecule has 0 aromatic rings. The highest BCUT2D eigenvalue weighted by Gasteiger charge is 2.85. The molecule has 6 rings (SSSR count). The van der Waals surface area contributed by atoms with E-state index in [0.29, 0.717) is 24.4 Å². The van der Waals surface area contributed by atoms with Crippen LogP contribution < -0.4 is 0 Å². The lowest BCUT2D eigenvalue weighted by Gasteiger charge is -2.61. The number of ether oxygens (including phenoxy) is 4. The van der Waals surface area contributed by atoms with Crippen LogP contribution in [0.2, 0.25) is 0 Å². The minimum absolute atomic E-state index is 0.0500. The summed E-state index contributed by atoms with van der Waals surface area (Å²) in [7, 11) is 1.59. The van der Waals surface area contributed by atoms with Gasteiger partial charge in [0.1, 0.15) is 6.10 Å². The molecule has 6 unspecified atom stereocenters. The van der Waals surface area contributed by atoms with Crippen molar-refractivity contribution < 1.29 is 33.3 Å². The lowest BCUT2D eigenvalue weighted by Crippen LogP contribution is -2.58. The normalized spacial score (nSPS) is 51.0. The second-order valence-corrected chi connectivity index (χ2v) is 15.7. The first-order valence-electron chi connectivity index (χ1n) is 16.5. The molecule has 5 aliphatic carbocycles. The molecule has 14 atom stereocenters. The van der Waals surface area contributed by atoms with Gasteiger partial charge in [0.2, 0.25) is 5.79 Å². The van der Waals surface area contributed by atoms with E-state index in [0.717, 1.165) is 37.7 Å². The van der Waals surface area contributed by atoms with Gasteiger partial charge in [-0.25, -0.2) is 0 Å². The van der Waals surface area contributed by atoms with Gasteiger partial charge in [-0.15, -0.1) is 0 Å². The Bertz CT molecular complexity index is 1270. The van der Waals surface area contributed by atoms with Crippen LogP contribution in [0.25, 0.3) is 0 Å². The maximum absolute atomic E-state index is 12.8. The smallest absolute Gasteiger partial charge is 0.303 e. The minimum atomic E-state index is -1.26. The van der Waals surface area contributed by atoms with Gasteiger partial charge >= 0.3 is 11.9 Å². The number of hydrogen-bond acceptors (Lipinski definition) is 7. The molecule has 7 heteroatoms. The summed E-state index contributed by atoms with van der Waals surface area (Å²) in [6.45, 7) is 21.3. The summed E-state index contributed by atoms with van der Waals surface area (Å²) in [6, 6.07) is 0. The number of esters is 2. The van der Waals surface area contributed by atoms with Crippen LogP contribution in [0.5, 0.6) is 0 Å². The first-order valence-corrected chi connectivity index (χ1v) is 16.5. The van der Waals surface area contributed by atoms with Gasteiger partial charge < -0.3 is 18.9 Å². The number of carbonyl (C=O) groups is 3. The monoisotopic (exact) mass is 596 g/mol. The first-order chi connectivity index (χ1) is 20.1. The molecule has 0 aromatic carbocycles. The maximum Gasteiger partial charge on any atom is 0.303 e. The quantitative estimate of drug-likeness (QED) is 0.263. The molecular formula is C36H52O7. The van der Waals surface area contributed by atoms with Crippen molar-refractivity contribution in [3.63, 3.8) is 0 Å². The van der Waals surface area contributed by atoms with Crippen molar-refractivity contribution in [2.75, 3.05) is 13.7 Å². The maximum atomic E-state index is 12.8. The standard InChI is InChI=1S/C36H52O7/c1-19-18-41-36(40-10,22(19)4)31(43-25(7)38)21(3)30-28(42-24(6)37)17-33(9)29-12-11-26-20(2)27(39)13-14-34(26)23(5)35(29,34)16-15-32(30,33)8/h13-14,19-21,23,26,28-31H,4,11-12,15-18H2,1-3,5-10H3/t19?,20-,21-,23?,26?,28-,29-,30-,31+,32+,33-,34?,35?,36?/m0/s1. The lowest BCUT2D eigenvalue weighted by atomic mass is 9.43. The molecule has 43 heavy (non-hydrogen) atoms. The molecule has 0 radical (unpaired) electrons. The second kappa shape index (κ2) is 9.75. The average molecular weight is 597 g/mol. The second-order valence-electron chi connectivity index (χ2n) is 15.7. The van der Waals surface area contributed by atoms with E-state index in [1.807, 2.05) is 13.0 Å².